The van der Waals surface area contributed by atoms with Crippen LogP contribution in [-0.2, 0) is 6.54 Å². The second-order valence-electron chi connectivity index (χ2n) is 5.79. The van der Waals surface area contributed by atoms with Crippen molar-refractivity contribution < 1.29 is 13.7 Å². The van der Waals surface area contributed by atoms with Gasteiger partial charge in [0.05, 0.1) is 28.9 Å². The molecule has 4 rings (SSSR count). The van der Waals surface area contributed by atoms with E-state index in [0.29, 0.717) is 28.3 Å². The Bertz CT molecular complexity index is 1100. The van der Waals surface area contributed by atoms with Crippen molar-refractivity contribution in [1.29, 1.82) is 0 Å². The summed E-state index contributed by atoms with van der Waals surface area (Å²) in [6.07, 6.45) is 3.49. The summed E-state index contributed by atoms with van der Waals surface area (Å²) in [7, 11) is 0. The quantitative estimate of drug-likeness (QED) is 0.592. The van der Waals surface area contributed by atoms with Crippen molar-refractivity contribution >= 4 is 17.1 Å². The smallest absolute Gasteiger partial charge is 0.255 e. The molecule has 0 aliphatic rings. The summed E-state index contributed by atoms with van der Waals surface area (Å²) >= 11 is 0. The second-order valence-corrected chi connectivity index (χ2v) is 5.79. The number of nitrogens with two attached hydrogens (primary N) is 1. The van der Waals surface area contributed by atoms with Gasteiger partial charge in [-0.3, -0.25) is 4.79 Å². The lowest BCUT2D eigenvalue weighted by molar-refractivity contribution is 0.0951. The Morgan fingerprint density at radius 1 is 1.23 bits per heavy atom. The minimum atomic E-state index is -0.396. The molecule has 1 aromatic carbocycles. The molecule has 4 aromatic rings. The number of amides is 1. The van der Waals surface area contributed by atoms with Crippen LogP contribution in [0, 0.1) is 5.82 Å². The van der Waals surface area contributed by atoms with Crippen LogP contribution in [-0.4, -0.2) is 15.5 Å². The number of nitrogens with one attached hydrogen (secondary N) is 1. The number of nitrogens with zero attached hydrogens (tertiary/aromatic N) is 2. The van der Waals surface area contributed by atoms with E-state index in [0.717, 1.165) is 5.52 Å². The highest BCUT2D eigenvalue weighted by Gasteiger charge is 2.16. The summed E-state index contributed by atoms with van der Waals surface area (Å²) in [6, 6.07) is 13.4. The summed E-state index contributed by atoms with van der Waals surface area (Å²) in [4.78, 5) is 12.4. The highest BCUT2D eigenvalue weighted by Crippen LogP contribution is 2.24. The minimum Gasteiger partial charge on any atom is -0.396 e. The predicted octanol–water partition coefficient (Wildman–Crippen LogP) is 3.25. The number of hydrogen-bond acceptors (Lipinski definition) is 4. The van der Waals surface area contributed by atoms with Crippen molar-refractivity contribution in [3.8, 4) is 11.3 Å². The molecule has 0 aliphatic carbocycles. The Labute approximate surface area is 148 Å². The first-order valence-corrected chi connectivity index (χ1v) is 7.97. The molecule has 6 nitrogen and oxygen atoms in total. The molecule has 0 saturated heterocycles. The number of pyridine rings is 1. The average Bonchev–Trinajstić information content (AvgIpc) is 3.25. The molecule has 1 amide bonds. The third-order valence-corrected chi connectivity index (χ3v) is 4.10. The first kappa shape index (κ1) is 15.9. The van der Waals surface area contributed by atoms with E-state index >= 15 is 0 Å². The molecule has 0 spiro atoms. The van der Waals surface area contributed by atoms with Crippen LogP contribution in [0.15, 0.2) is 65.4 Å². The van der Waals surface area contributed by atoms with Gasteiger partial charge in [0.1, 0.15) is 11.5 Å². The van der Waals surface area contributed by atoms with E-state index in [9.17, 15) is 9.18 Å². The predicted molar refractivity (Wildman–Crippen MR) is 94.9 cm³/mol. The maximum absolute atomic E-state index is 13.8. The Balaban J connectivity index is 1.50. The number of anilines is 1. The number of hydrogen-bond donors (Lipinski definition) is 2. The lowest BCUT2D eigenvalue weighted by Gasteiger charge is -2.01. The van der Waals surface area contributed by atoms with Crippen molar-refractivity contribution in [3.05, 3.63) is 78.0 Å². The lowest BCUT2D eigenvalue weighted by atomic mass is 10.1. The summed E-state index contributed by atoms with van der Waals surface area (Å²) in [5, 5.41) is 6.62. The molecular formula is C19H15FN4O2. The van der Waals surface area contributed by atoms with Gasteiger partial charge in [-0.05, 0) is 24.3 Å². The Morgan fingerprint density at radius 2 is 2.04 bits per heavy atom. The van der Waals surface area contributed by atoms with E-state index in [1.165, 1.54) is 6.07 Å². The SMILES string of the molecule is Nc1c(C(=O)NCc2cc(-c3ccccc3F)on2)cn2ccccc12. The number of benzene rings is 1. The van der Waals surface area contributed by atoms with Crippen molar-refractivity contribution in [3.63, 3.8) is 0 Å². The molecule has 130 valence electrons. The summed E-state index contributed by atoms with van der Waals surface area (Å²) in [5.74, 6) is -0.407. The molecule has 26 heavy (non-hydrogen) atoms. The van der Waals surface area contributed by atoms with Gasteiger partial charge in [-0.25, -0.2) is 4.39 Å². The van der Waals surface area contributed by atoms with Crippen LogP contribution in [0.3, 0.4) is 0 Å². The van der Waals surface area contributed by atoms with Gasteiger partial charge in [-0.1, -0.05) is 23.4 Å². The van der Waals surface area contributed by atoms with Gasteiger partial charge >= 0.3 is 0 Å². The first-order valence-electron chi connectivity index (χ1n) is 7.97. The Kier molecular flexibility index (Phi) is 3.89. The van der Waals surface area contributed by atoms with E-state index < -0.39 is 5.82 Å². The highest BCUT2D eigenvalue weighted by atomic mass is 19.1. The zero-order valence-corrected chi connectivity index (χ0v) is 13.6. The zero-order valence-electron chi connectivity index (χ0n) is 13.6. The molecule has 3 heterocycles. The van der Waals surface area contributed by atoms with E-state index in [4.69, 9.17) is 10.3 Å². The first-order chi connectivity index (χ1) is 12.6. The topological polar surface area (TPSA) is 85.6 Å². The van der Waals surface area contributed by atoms with Gasteiger partial charge < -0.3 is 20.0 Å². The van der Waals surface area contributed by atoms with Crippen LogP contribution < -0.4 is 11.1 Å². The Morgan fingerprint density at radius 3 is 2.85 bits per heavy atom. The molecule has 7 heteroatoms. The number of halogens is 1. The molecule has 0 unspecified atom stereocenters. The maximum Gasteiger partial charge on any atom is 0.255 e. The summed E-state index contributed by atoms with van der Waals surface area (Å²) in [6.45, 7) is 0.141. The van der Waals surface area contributed by atoms with E-state index in [1.807, 2.05) is 24.4 Å². The van der Waals surface area contributed by atoms with E-state index in [1.54, 1.807) is 34.9 Å². The molecule has 0 fully saturated rings. The van der Waals surface area contributed by atoms with Crippen molar-refractivity contribution in [2.45, 2.75) is 6.54 Å². The number of aromatic nitrogens is 2. The zero-order chi connectivity index (χ0) is 18.1. The van der Waals surface area contributed by atoms with Crippen LogP contribution in [0.4, 0.5) is 10.1 Å². The molecular weight excluding hydrogens is 335 g/mol. The van der Waals surface area contributed by atoms with Gasteiger partial charge in [0.2, 0.25) is 0 Å². The third kappa shape index (κ3) is 2.79. The molecule has 0 radical (unpaired) electrons. The average molecular weight is 350 g/mol. The van der Waals surface area contributed by atoms with Gasteiger partial charge in [0, 0.05) is 18.5 Å². The van der Waals surface area contributed by atoms with Gasteiger partial charge in [-0.2, -0.15) is 0 Å². The van der Waals surface area contributed by atoms with Crippen LogP contribution in [0.5, 0.6) is 0 Å². The fourth-order valence-corrected chi connectivity index (χ4v) is 2.77. The highest BCUT2D eigenvalue weighted by molar-refractivity contribution is 6.03. The number of rotatable bonds is 4. The monoisotopic (exact) mass is 350 g/mol. The summed E-state index contributed by atoms with van der Waals surface area (Å²) in [5.41, 5.74) is 8.41. The van der Waals surface area contributed by atoms with Crippen molar-refractivity contribution in [2.75, 3.05) is 5.73 Å². The molecule has 0 atom stereocenters. The number of fused-ring (bicyclic) bond motifs is 1. The van der Waals surface area contributed by atoms with Crippen LogP contribution in [0.2, 0.25) is 0 Å². The third-order valence-electron chi connectivity index (χ3n) is 4.10. The number of carbonyl (C=O) groups is 1. The van der Waals surface area contributed by atoms with Crippen LogP contribution in [0.1, 0.15) is 16.1 Å². The molecule has 3 aromatic heterocycles. The molecule has 0 saturated carbocycles. The Hall–Kier alpha value is -3.61. The molecule has 0 aliphatic heterocycles. The van der Waals surface area contributed by atoms with Crippen molar-refractivity contribution in [2.24, 2.45) is 0 Å². The van der Waals surface area contributed by atoms with Crippen molar-refractivity contribution in [1.82, 2.24) is 14.9 Å². The van der Waals surface area contributed by atoms with Gasteiger partial charge in [-0.15, -0.1) is 0 Å². The van der Waals surface area contributed by atoms with E-state index in [2.05, 4.69) is 10.5 Å². The largest absolute Gasteiger partial charge is 0.396 e. The lowest BCUT2D eigenvalue weighted by Crippen LogP contribution is -2.23. The van der Waals surface area contributed by atoms with E-state index in [-0.39, 0.29) is 12.5 Å². The maximum atomic E-state index is 13.8. The normalized spacial score (nSPS) is 11.0. The van der Waals surface area contributed by atoms with Crippen LogP contribution in [0.25, 0.3) is 16.8 Å². The van der Waals surface area contributed by atoms with Crippen LogP contribution >= 0.6 is 0 Å². The molecule has 3 N–H and O–H groups in total. The number of carbonyl (C=O) groups excluding carboxylic acids is 1. The van der Waals surface area contributed by atoms with Gasteiger partial charge in [0.15, 0.2) is 5.76 Å². The summed E-state index contributed by atoms with van der Waals surface area (Å²) < 4.78 is 20.8. The number of nitrogen functional groups attached to an aromatic ring is 1. The fourth-order valence-electron chi connectivity index (χ4n) is 2.77. The second kappa shape index (κ2) is 6.36. The molecule has 0 bridgehead atoms. The van der Waals surface area contributed by atoms with Gasteiger partial charge in [0.25, 0.3) is 5.91 Å². The fraction of sp³-hybridized carbons (Fsp3) is 0.0526. The minimum absolute atomic E-state index is 0.141. The standard InChI is InChI=1S/C19H15FN4O2/c20-15-6-2-1-5-13(15)17-9-12(23-26-17)10-22-19(25)14-11-24-8-4-3-7-16(24)18(14)21/h1-9,11H,10,21H2,(H,22,25).